The van der Waals surface area contributed by atoms with E-state index in [0.717, 1.165) is 12.8 Å². The number of hydrogen-bond acceptors (Lipinski definition) is 4. The van der Waals surface area contributed by atoms with Crippen molar-refractivity contribution in [3.63, 3.8) is 0 Å². The molecule has 20 heavy (non-hydrogen) atoms. The summed E-state index contributed by atoms with van der Waals surface area (Å²) >= 11 is 0. The van der Waals surface area contributed by atoms with Crippen LogP contribution in [0.1, 0.15) is 25.7 Å². The Bertz CT molecular complexity index is 374. The van der Waals surface area contributed by atoms with Gasteiger partial charge in [-0.25, -0.2) is 9.59 Å². The summed E-state index contributed by atoms with van der Waals surface area (Å²) in [6.07, 6.45) is 2.11. The number of aliphatic hydroxyl groups excluding tert-OH is 1. The number of amides is 3. The molecule has 1 heterocycles. The second-order valence-electron chi connectivity index (χ2n) is 4.67. The number of carboxylic acids is 1. The molecule has 114 valence electrons. The predicted molar refractivity (Wildman–Crippen MR) is 70.1 cm³/mol. The van der Waals surface area contributed by atoms with Crippen LogP contribution >= 0.6 is 0 Å². The number of piperidine rings is 1. The van der Waals surface area contributed by atoms with E-state index in [1.165, 1.54) is 11.9 Å². The molecule has 0 aromatic carbocycles. The van der Waals surface area contributed by atoms with Crippen molar-refractivity contribution >= 4 is 17.9 Å². The first-order valence-electron chi connectivity index (χ1n) is 6.63. The third-order valence-electron chi connectivity index (χ3n) is 3.33. The third kappa shape index (κ3) is 4.09. The molecule has 0 saturated carbocycles. The average molecular weight is 287 g/mol. The lowest BCUT2D eigenvalue weighted by molar-refractivity contribution is -0.139. The smallest absolute Gasteiger partial charge is 0.326 e. The number of aliphatic carboxylic acids is 1. The number of carbonyl (C=O) groups is 3. The molecule has 8 heteroatoms. The first-order valence-corrected chi connectivity index (χ1v) is 6.63. The van der Waals surface area contributed by atoms with Crippen LogP contribution in [0.2, 0.25) is 0 Å². The van der Waals surface area contributed by atoms with Crippen LogP contribution in [0.25, 0.3) is 0 Å². The number of likely N-dealkylation sites (tertiary alicyclic amines) is 1. The molecule has 1 rings (SSSR count). The molecule has 0 aromatic rings. The van der Waals surface area contributed by atoms with Crippen molar-refractivity contribution < 1.29 is 24.6 Å². The Morgan fingerprint density at radius 1 is 1.35 bits per heavy atom. The van der Waals surface area contributed by atoms with E-state index in [9.17, 15) is 14.4 Å². The zero-order valence-electron chi connectivity index (χ0n) is 11.5. The van der Waals surface area contributed by atoms with Gasteiger partial charge in [0.25, 0.3) is 0 Å². The fraction of sp³-hybridized carbons (Fsp3) is 0.750. The van der Waals surface area contributed by atoms with E-state index in [2.05, 4.69) is 10.6 Å². The number of aliphatic hydroxyl groups is 1. The van der Waals surface area contributed by atoms with Gasteiger partial charge in [-0.2, -0.15) is 0 Å². The van der Waals surface area contributed by atoms with Gasteiger partial charge in [-0.3, -0.25) is 4.79 Å². The Morgan fingerprint density at radius 3 is 2.60 bits per heavy atom. The van der Waals surface area contributed by atoms with Gasteiger partial charge in [0.15, 0.2) is 0 Å². The lowest BCUT2D eigenvalue weighted by Crippen LogP contribution is -2.56. The van der Waals surface area contributed by atoms with E-state index in [0.29, 0.717) is 13.0 Å². The summed E-state index contributed by atoms with van der Waals surface area (Å²) in [6.45, 7) is 0.0749. The zero-order chi connectivity index (χ0) is 15.1. The fourth-order valence-electron chi connectivity index (χ4n) is 2.23. The first kappa shape index (κ1) is 16.2. The number of carboxylic acid groups (broad SMARTS) is 1. The molecule has 1 saturated heterocycles. The van der Waals surface area contributed by atoms with Crippen LogP contribution in [0, 0.1) is 0 Å². The molecule has 8 nitrogen and oxygen atoms in total. The van der Waals surface area contributed by atoms with Gasteiger partial charge in [-0.05, 0) is 19.3 Å². The summed E-state index contributed by atoms with van der Waals surface area (Å²) in [5.41, 5.74) is 0. The highest BCUT2D eigenvalue weighted by Gasteiger charge is 2.33. The minimum atomic E-state index is -1.21. The monoisotopic (exact) mass is 287 g/mol. The summed E-state index contributed by atoms with van der Waals surface area (Å²) in [5.74, 6) is -1.46. The summed E-state index contributed by atoms with van der Waals surface area (Å²) in [6, 6.07) is -2.31. The Morgan fingerprint density at radius 2 is 2.05 bits per heavy atom. The molecule has 0 bridgehead atoms. The topological polar surface area (TPSA) is 119 Å². The summed E-state index contributed by atoms with van der Waals surface area (Å²) in [7, 11) is 1.50. The lowest BCUT2D eigenvalue weighted by Gasteiger charge is -2.35. The first-order chi connectivity index (χ1) is 9.51. The number of rotatable bonds is 5. The lowest BCUT2D eigenvalue weighted by atomic mass is 10.0. The van der Waals surface area contributed by atoms with Crippen LogP contribution in [0.3, 0.4) is 0 Å². The molecule has 1 aliphatic heterocycles. The van der Waals surface area contributed by atoms with Crippen LogP contribution in [-0.2, 0) is 9.59 Å². The maximum atomic E-state index is 12.1. The Balaban J connectivity index is 2.71. The predicted octanol–water partition coefficient (Wildman–Crippen LogP) is -0.868. The molecule has 1 aliphatic rings. The Hall–Kier alpha value is -1.83. The SMILES string of the molecule is CNC(=O)C1CCCCN1C(=O)N[C@H](CCO)C(=O)O. The second-order valence-corrected chi connectivity index (χ2v) is 4.67. The van der Waals surface area contributed by atoms with Gasteiger partial charge >= 0.3 is 12.0 Å². The van der Waals surface area contributed by atoms with E-state index >= 15 is 0 Å². The molecule has 1 unspecified atom stereocenters. The molecule has 3 amide bonds. The molecule has 1 fully saturated rings. The zero-order valence-corrected chi connectivity index (χ0v) is 11.5. The highest BCUT2D eigenvalue weighted by atomic mass is 16.4. The maximum absolute atomic E-state index is 12.1. The van der Waals surface area contributed by atoms with Gasteiger partial charge in [0.05, 0.1) is 0 Å². The number of carbonyl (C=O) groups excluding carboxylic acids is 2. The standard InChI is InChI=1S/C12H21N3O5/c1-13-10(17)9-4-2-3-6-15(9)12(20)14-8(5-7-16)11(18)19/h8-9,16H,2-7H2,1H3,(H,13,17)(H,14,20)(H,18,19)/t8-,9?/m1/s1. The van der Waals surface area contributed by atoms with Gasteiger partial charge < -0.3 is 25.7 Å². The van der Waals surface area contributed by atoms with Crippen molar-refractivity contribution in [2.45, 2.75) is 37.8 Å². The minimum Gasteiger partial charge on any atom is -0.480 e. The largest absolute Gasteiger partial charge is 0.480 e. The van der Waals surface area contributed by atoms with Crippen molar-refractivity contribution in [3.05, 3.63) is 0 Å². The van der Waals surface area contributed by atoms with E-state index in [1.54, 1.807) is 0 Å². The van der Waals surface area contributed by atoms with Gasteiger partial charge in [-0.15, -0.1) is 0 Å². The second kappa shape index (κ2) is 7.68. The quantitative estimate of drug-likeness (QED) is 0.524. The highest BCUT2D eigenvalue weighted by molar-refractivity contribution is 5.88. The van der Waals surface area contributed by atoms with E-state index in [4.69, 9.17) is 10.2 Å². The van der Waals surface area contributed by atoms with Crippen molar-refractivity contribution in [3.8, 4) is 0 Å². The molecule has 0 aromatic heterocycles. The normalized spacial score (nSPS) is 20.1. The summed E-state index contributed by atoms with van der Waals surface area (Å²) < 4.78 is 0. The number of urea groups is 1. The van der Waals surface area contributed by atoms with Crippen molar-refractivity contribution in [2.75, 3.05) is 20.2 Å². The van der Waals surface area contributed by atoms with Crippen LogP contribution in [0.4, 0.5) is 4.79 Å². The number of nitrogens with zero attached hydrogens (tertiary/aromatic N) is 1. The Labute approximate surface area is 117 Å². The summed E-state index contributed by atoms with van der Waals surface area (Å²) in [5, 5.41) is 22.6. The molecule has 0 radical (unpaired) electrons. The van der Waals surface area contributed by atoms with Crippen molar-refractivity contribution in [1.82, 2.24) is 15.5 Å². The number of hydrogen-bond donors (Lipinski definition) is 4. The molecular weight excluding hydrogens is 266 g/mol. The van der Waals surface area contributed by atoms with E-state index in [1.807, 2.05) is 0 Å². The van der Waals surface area contributed by atoms with Crippen LogP contribution in [0.15, 0.2) is 0 Å². The maximum Gasteiger partial charge on any atom is 0.326 e. The van der Waals surface area contributed by atoms with E-state index in [-0.39, 0.29) is 18.9 Å². The van der Waals surface area contributed by atoms with Gasteiger partial charge in [-0.1, -0.05) is 0 Å². The number of likely N-dealkylation sites (N-methyl/N-ethyl adjacent to an activating group) is 1. The minimum absolute atomic E-state index is 0.0699. The van der Waals surface area contributed by atoms with Crippen LogP contribution < -0.4 is 10.6 Å². The molecule has 2 atom stereocenters. The molecular formula is C12H21N3O5. The van der Waals surface area contributed by atoms with Crippen molar-refractivity contribution in [2.24, 2.45) is 0 Å². The van der Waals surface area contributed by atoms with E-state index < -0.39 is 24.1 Å². The Kier molecular flexibility index (Phi) is 6.23. The fourth-order valence-corrected chi connectivity index (χ4v) is 2.23. The molecule has 0 spiro atoms. The average Bonchev–Trinajstić information content (AvgIpc) is 2.45. The van der Waals surface area contributed by atoms with Gasteiger partial charge in [0.2, 0.25) is 5.91 Å². The summed E-state index contributed by atoms with van der Waals surface area (Å²) in [4.78, 5) is 36.2. The van der Waals surface area contributed by atoms with Crippen molar-refractivity contribution in [1.29, 1.82) is 0 Å². The third-order valence-corrected chi connectivity index (χ3v) is 3.33. The molecule has 0 aliphatic carbocycles. The van der Waals surface area contributed by atoms with Gasteiger partial charge in [0.1, 0.15) is 12.1 Å². The van der Waals surface area contributed by atoms with Gasteiger partial charge in [0, 0.05) is 26.6 Å². The molecule has 4 N–H and O–H groups in total. The van der Waals surface area contributed by atoms with Crippen LogP contribution in [0.5, 0.6) is 0 Å². The number of nitrogens with one attached hydrogen (secondary N) is 2. The van der Waals surface area contributed by atoms with Crippen LogP contribution in [-0.4, -0.2) is 65.3 Å². The highest BCUT2D eigenvalue weighted by Crippen LogP contribution is 2.17.